The molecule has 0 spiro atoms. The number of hydrogen-bond acceptors (Lipinski definition) is 4. The molecular formula is C25H23NO4. The van der Waals surface area contributed by atoms with Gasteiger partial charge in [0.15, 0.2) is 0 Å². The topological polar surface area (TPSA) is 75.6 Å². The number of carbonyl (C=O) groups is 2. The van der Waals surface area contributed by atoms with Crippen LogP contribution in [0.15, 0.2) is 78.9 Å². The number of carbonyl (C=O) groups excluding carboxylic acids is 2. The Labute approximate surface area is 175 Å². The van der Waals surface area contributed by atoms with Crippen LogP contribution in [-0.4, -0.2) is 24.0 Å². The normalized spacial score (nSPS) is 19.4. The molecule has 1 aliphatic heterocycles. The minimum atomic E-state index is -1.22. The zero-order valence-corrected chi connectivity index (χ0v) is 16.7. The van der Waals surface area contributed by atoms with Crippen LogP contribution in [0.1, 0.15) is 23.7 Å². The van der Waals surface area contributed by atoms with Crippen molar-refractivity contribution in [3.8, 4) is 16.9 Å². The quantitative estimate of drug-likeness (QED) is 0.618. The summed E-state index contributed by atoms with van der Waals surface area (Å²) in [6.45, 7) is 0. The summed E-state index contributed by atoms with van der Waals surface area (Å²) in [6.07, 6.45) is -0.858. The summed E-state index contributed by atoms with van der Waals surface area (Å²) < 4.78 is 5.19. The molecule has 1 aliphatic rings. The van der Waals surface area contributed by atoms with Crippen LogP contribution in [0.2, 0.25) is 0 Å². The van der Waals surface area contributed by atoms with E-state index in [1.54, 1.807) is 7.11 Å². The second kappa shape index (κ2) is 8.13. The highest BCUT2D eigenvalue weighted by molar-refractivity contribution is 6.06. The van der Waals surface area contributed by atoms with Crippen LogP contribution in [0.5, 0.6) is 5.75 Å². The van der Waals surface area contributed by atoms with Gasteiger partial charge in [-0.2, -0.15) is 0 Å². The summed E-state index contributed by atoms with van der Waals surface area (Å²) in [6, 6.07) is 24.6. The van der Waals surface area contributed by atoms with Gasteiger partial charge in [-0.1, -0.05) is 66.7 Å². The maximum atomic E-state index is 12.8. The van der Waals surface area contributed by atoms with Crippen LogP contribution in [0.25, 0.3) is 11.1 Å². The second-order valence-corrected chi connectivity index (χ2v) is 7.63. The molecule has 30 heavy (non-hydrogen) atoms. The first-order valence-electron chi connectivity index (χ1n) is 9.82. The van der Waals surface area contributed by atoms with Crippen molar-refractivity contribution in [3.63, 3.8) is 0 Å². The molecular weight excluding hydrogens is 378 g/mol. The summed E-state index contributed by atoms with van der Waals surface area (Å²) in [4.78, 5) is 24.8. The lowest BCUT2D eigenvalue weighted by Crippen LogP contribution is -2.39. The molecule has 2 unspecified atom stereocenters. The number of aliphatic hydroxyl groups excluding tert-OH is 1. The van der Waals surface area contributed by atoms with Crippen molar-refractivity contribution in [3.05, 3.63) is 90.0 Å². The van der Waals surface area contributed by atoms with Crippen molar-refractivity contribution in [1.82, 2.24) is 5.32 Å². The maximum absolute atomic E-state index is 12.8. The molecule has 0 bridgehead atoms. The fraction of sp³-hybridized carbons (Fsp3) is 0.200. The number of aliphatic hydroxyl groups is 1. The molecule has 1 heterocycles. The standard InChI is InChI=1S/C25H23NO4/c1-30-21-13-11-19(12-14-21)18-7-9-20(10-8-18)23(28)25(16-22(27)26-24(25)29)15-17-5-3-2-4-6-17/h2-14,23,28H,15-16H2,1H3,(H,26,27,29). The van der Waals surface area contributed by atoms with Crippen LogP contribution < -0.4 is 10.1 Å². The molecule has 4 rings (SSSR count). The number of methoxy groups -OCH3 is 1. The van der Waals surface area contributed by atoms with E-state index in [1.807, 2.05) is 78.9 Å². The predicted octanol–water partition coefficient (Wildman–Crippen LogP) is 3.67. The monoisotopic (exact) mass is 401 g/mol. The van der Waals surface area contributed by atoms with Crippen LogP contribution in [-0.2, 0) is 16.0 Å². The lowest BCUT2D eigenvalue weighted by atomic mass is 9.73. The molecule has 3 aromatic carbocycles. The first-order chi connectivity index (χ1) is 14.5. The van der Waals surface area contributed by atoms with Gasteiger partial charge in [0, 0.05) is 6.42 Å². The van der Waals surface area contributed by atoms with Gasteiger partial charge in [0.25, 0.3) is 0 Å². The van der Waals surface area contributed by atoms with Gasteiger partial charge in [0.05, 0.1) is 18.6 Å². The van der Waals surface area contributed by atoms with Crippen molar-refractivity contribution in [2.75, 3.05) is 7.11 Å². The largest absolute Gasteiger partial charge is 0.497 e. The van der Waals surface area contributed by atoms with Gasteiger partial charge in [-0.3, -0.25) is 14.9 Å². The summed E-state index contributed by atoms with van der Waals surface area (Å²) in [5.74, 6) is -0.00141. The van der Waals surface area contributed by atoms with E-state index in [9.17, 15) is 14.7 Å². The van der Waals surface area contributed by atoms with Gasteiger partial charge in [0.1, 0.15) is 5.75 Å². The third-order valence-corrected chi connectivity index (χ3v) is 5.72. The zero-order valence-electron chi connectivity index (χ0n) is 16.7. The zero-order chi connectivity index (χ0) is 21.1. The molecule has 5 nitrogen and oxygen atoms in total. The summed E-state index contributed by atoms with van der Waals surface area (Å²) in [5, 5.41) is 13.6. The molecule has 0 radical (unpaired) electrons. The van der Waals surface area contributed by atoms with Gasteiger partial charge in [-0.25, -0.2) is 0 Å². The van der Waals surface area contributed by atoms with Crippen LogP contribution in [0.4, 0.5) is 0 Å². The number of hydrogen-bond donors (Lipinski definition) is 2. The van der Waals surface area contributed by atoms with E-state index in [2.05, 4.69) is 5.32 Å². The average molecular weight is 401 g/mol. The molecule has 2 atom stereocenters. The lowest BCUT2D eigenvalue weighted by Gasteiger charge is -2.31. The van der Waals surface area contributed by atoms with Crippen molar-refractivity contribution in [2.45, 2.75) is 18.9 Å². The second-order valence-electron chi connectivity index (χ2n) is 7.63. The Morgan fingerprint density at radius 2 is 1.53 bits per heavy atom. The smallest absolute Gasteiger partial charge is 0.236 e. The fourth-order valence-electron chi connectivity index (χ4n) is 4.04. The molecule has 2 amide bonds. The molecule has 2 N–H and O–H groups in total. The molecule has 3 aromatic rings. The van der Waals surface area contributed by atoms with Crippen molar-refractivity contribution in [2.24, 2.45) is 5.41 Å². The van der Waals surface area contributed by atoms with Gasteiger partial charge in [0.2, 0.25) is 11.8 Å². The number of benzene rings is 3. The Hall–Kier alpha value is -3.44. The number of rotatable bonds is 6. The van der Waals surface area contributed by atoms with Crippen molar-refractivity contribution < 1.29 is 19.4 Å². The summed E-state index contributed by atoms with van der Waals surface area (Å²) in [5.41, 5.74) is 2.28. The third kappa shape index (κ3) is 3.72. The van der Waals surface area contributed by atoms with Crippen molar-refractivity contribution >= 4 is 11.8 Å². The lowest BCUT2D eigenvalue weighted by molar-refractivity contribution is -0.134. The van der Waals surface area contributed by atoms with Crippen LogP contribution in [0, 0.1) is 5.41 Å². The van der Waals surface area contributed by atoms with E-state index < -0.39 is 17.4 Å². The van der Waals surface area contributed by atoms with Crippen LogP contribution >= 0.6 is 0 Å². The Bertz CT molecular complexity index is 1040. The summed E-state index contributed by atoms with van der Waals surface area (Å²) in [7, 11) is 1.63. The highest BCUT2D eigenvalue weighted by atomic mass is 16.5. The Balaban J connectivity index is 1.63. The predicted molar refractivity (Wildman–Crippen MR) is 114 cm³/mol. The average Bonchev–Trinajstić information content (AvgIpc) is 3.07. The van der Waals surface area contributed by atoms with Crippen LogP contribution in [0.3, 0.4) is 0 Å². The van der Waals surface area contributed by atoms with Gasteiger partial charge >= 0.3 is 0 Å². The molecule has 5 heteroatoms. The minimum absolute atomic E-state index is 0.0396. The third-order valence-electron chi connectivity index (χ3n) is 5.72. The van der Waals surface area contributed by atoms with E-state index in [0.29, 0.717) is 5.56 Å². The first-order valence-corrected chi connectivity index (χ1v) is 9.82. The molecule has 0 aliphatic carbocycles. The Kier molecular flexibility index (Phi) is 5.38. The summed E-state index contributed by atoms with van der Waals surface area (Å²) >= 11 is 0. The maximum Gasteiger partial charge on any atom is 0.236 e. The molecule has 0 saturated carbocycles. The molecule has 152 valence electrons. The van der Waals surface area contributed by atoms with Crippen molar-refractivity contribution in [1.29, 1.82) is 0 Å². The Morgan fingerprint density at radius 1 is 0.933 bits per heavy atom. The molecule has 0 aromatic heterocycles. The number of amides is 2. The van der Waals surface area contributed by atoms with Gasteiger partial charge in [-0.15, -0.1) is 0 Å². The number of imide groups is 1. The van der Waals surface area contributed by atoms with E-state index >= 15 is 0 Å². The fourth-order valence-corrected chi connectivity index (χ4v) is 4.04. The SMILES string of the molecule is COc1ccc(-c2ccc(C(O)C3(Cc4ccccc4)CC(=O)NC3=O)cc2)cc1. The van der Waals surface area contributed by atoms with Gasteiger partial charge < -0.3 is 9.84 Å². The minimum Gasteiger partial charge on any atom is -0.497 e. The van der Waals surface area contributed by atoms with E-state index in [1.165, 1.54) is 0 Å². The van der Waals surface area contributed by atoms with E-state index in [0.717, 1.165) is 22.4 Å². The number of ether oxygens (including phenoxy) is 1. The molecule has 1 fully saturated rings. The Morgan fingerprint density at radius 3 is 2.07 bits per heavy atom. The molecule has 1 saturated heterocycles. The highest BCUT2D eigenvalue weighted by Gasteiger charge is 2.52. The number of nitrogens with one attached hydrogen (secondary N) is 1. The van der Waals surface area contributed by atoms with E-state index in [4.69, 9.17) is 4.74 Å². The first kappa shape index (κ1) is 19.9. The highest BCUT2D eigenvalue weighted by Crippen LogP contribution is 2.43. The van der Waals surface area contributed by atoms with Gasteiger partial charge in [-0.05, 0) is 40.8 Å². The van der Waals surface area contributed by atoms with E-state index in [-0.39, 0.29) is 18.7 Å².